The van der Waals surface area contributed by atoms with E-state index in [9.17, 15) is 8.78 Å². The number of nitriles is 1. The molecule has 19 heavy (non-hydrogen) atoms. The average Bonchev–Trinajstić information content (AvgIpc) is 2.78. The molecule has 0 saturated carbocycles. The summed E-state index contributed by atoms with van der Waals surface area (Å²) in [5.74, 6) is -0.986. The van der Waals surface area contributed by atoms with Gasteiger partial charge in [-0.2, -0.15) is 10.4 Å². The summed E-state index contributed by atoms with van der Waals surface area (Å²) in [5, 5.41) is 15.3. The molecule has 98 valence electrons. The maximum atomic E-state index is 13.5. The minimum absolute atomic E-state index is 0.0491. The Morgan fingerprint density at radius 3 is 2.58 bits per heavy atom. The van der Waals surface area contributed by atoms with Gasteiger partial charge in [-0.25, -0.2) is 13.8 Å². The number of halogens is 2. The van der Waals surface area contributed by atoms with Crippen LogP contribution >= 0.6 is 0 Å². The molecule has 1 heterocycles. The highest BCUT2D eigenvalue weighted by molar-refractivity contribution is 5.50. The van der Waals surface area contributed by atoms with Crippen LogP contribution in [0.4, 0.5) is 14.5 Å². The summed E-state index contributed by atoms with van der Waals surface area (Å²) in [5.41, 5.74) is -0.290. The van der Waals surface area contributed by atoms with Crippen molar-refractivity contribution in [3.8, 4) is 6.07 Å². The summed E-state index contributed by atoms with van der Waals surface area (Å²) in [6.07, 6.45) is 2.00. The third-order valence-electron chi connectivity index (χ3n) is 2.47. The van der Waals surface area contributed by atoms with E-state index < -0.39 is 11.6 Å². The summed E-state index contributed by atoms with van der Waals surface area (Å²) < 4.78 is 28.6. The van der Waals surface area contributed by atoms with Gasteiger partial charge < -0.3 is 5.32 Å². The van der Waals surface area contributed by atoms with Crippen LogP contribution in [0.3, 0.4) is 0 Å². The average molecular weight is 263 g/mol. The monoisotopic (exact) mass is 263 g/mol. The Morgan fingerprint density at radius 2 is 2.05 bits per heavy atom. The Morgan fingerprint density at radius 1 is 1.37 bits per heavy atom. The molecule has 0 unspecified atom stereocenters. The van der Waals surface area contributed by atoms with Gasteiger partial charge in [0, 0.05) is 20.0 Å². The molecular formula is C12H11F2N5. The SMILES string of the molecule is Cn1cnc(CCNc2c(F)cc(C#N)cc2F)n1. The van der Waals surface area contributed by atoms with Gasteiger partial charge in [0.05, 0.1) is 11.6 Å². The molecule has 0 saturated heterocycles. The quantitative estimate of drug-likeness (QED) is 0.910. The normalized spacial score (nSPS) is 10.2. The van der Waals surface area contributed by atoms with E-state index in [0.717, 1.165) is 12.1 Å². The lowest BCUT2D eigenvalue weighted by Gasteiger charge is -2.07. The highest BCUT2D eigenvalue weighted by Crippen LogP contribution is 2.20. The van der Waals surface area contributed by atoms with Gasteiger partial charge in [-0.15, -0.1) is 0 Å². The topological polar surface area (TPSA) is 66.5 Å². The Kier molecular flexibility index (Phi) is 3.71. The van der Waals surface area contributed by atoms with Gasteiger partial charge in [0.1, 0.15) is 12.0 Å². The number of anilines is 1. The van der Waals surface area contributed by atoms with Crippen molar-refractivity contribution in [2.45, 2.75) is 6.42 Å². The van der Waals surface area contributed by atoms with Crippen LogP contribution < -0.4 is 5.32 Å². The molecule has 0 amide bonds. The largest absolute Gasteiger partial charge is 0.380 e. The molecule has 0 spiro atoms. The van der Waals surface area contributed by atoms with E-state index in [4.69, 9.17) is 5.26 Å². The zero-order valence-electron chi connectivity index (χ0n) is 10.2. The molecular weight excluding hydrogens is 252 g/mol. The molecule has 0 aliphatic carbocycles. The highest BCUT2D eigenvalue weighted by atomic mass is 19.1. The van der Waals surface area contributed by atoms with Gasteiger partial charge in [0.2, 0.25) is 0 Å². The van der Waals surface area contributed by atoms with E-state index in [0.29, 0.717) is 18.8 Å². The maximum absolute atomic E-state index is 13.5. The maximum Gasteiger partial charge on any atom is 0.152 e. The first-order valence-corrected chi connectivity index (χ1v) is 5.57. The number of benzene rings is 1. The van der Waals surface area contributed by atoms with Gasteiger partial charge in [-0.1, -0.05) is 0 Å². The zero-order valence-corrected chi connectivity index (χ0v) is 10.2. The van der Waals surface area contributed by atoms with Crippen molar-refractivity contribution < 1.29 is 8.78 Å². The number of rotatable bonds is 4. The molecule has 0 aliphatic heterocycles. The van der Waals surface area contributed by atoms with E-state index in [-0.39, 0.29) is 11.3 Å². The van der Waals surface area contributed by atoms with Crippen molar-refractivity contribution in [2.24, 2.45) is 7.05 Å². The number of hydrogen-bond acceptors (Lipinski definition) is 4. The standard InChI is InChI=1S/C12H11F2N5/c1-19-7-17-11(18-19)2-3-16-12-9(13)4-8(6-15)5-10(12)14/h4-5,7,16H,2-3H2,1H3. The van der Waals surface area contributed by atoms with E-state index >= 15 is 0 Å². The molecule has 0 aliphatic rings. The second-order valence-electron chi connectivity index (χ2n) is 3.94. The molecule has 0 fully saturated rings. The van der Waals surface area contributed by atoms with Crippen molar-refractivity contribution >= 4 is 5.69 Å². The van der Waals surface area contributed by atoms with Gasteiger partial charge in [0.15, 0.2) is 17.5 Å². The van der Waals surface area contributed by atoms with Gasteiger partial charge in [0.25, 0.3) is 0 Å². The van der Waals surface area contributed by atoms with Crippen molar-refractivity contribution in [1.82, 2.24) is 14.8 Å². The van der Waals surface area contributed by atoms with E-state index in [1.165, 1.54) is 0 Å². The third kappa shape index (κ3) is 3.04. The summed E-state index contributed by atoms with van der Waals surface area (Å²) in [4.78, 5) is 4.00. The van der Waals surface area contributed by atoms with Crippen molar-refractivity contribution in [3.05, 3.63) is 41.5 Å². The lowest BCUT2D eigenvalue weighted by atomic mass is 10.2. The predicted octanol–water partition coefficient (Wildman–Crippen LogP) is 1.62. The number of hydrogen-bond donors (Lipinski definition) is 1. The lowest BCUT2D eigenvalue weighted by Crippen LogP contribution is -2.09. The van der Waals surface area contributed by atoms with Crippen LogP contribution in [-0.4, -0.2) is 21.3 Å². The lowest BCUT2D eigenvalue weighted by molar-refractivity contribution is 0.587. The van der Waals surface area contributed by atoms with Crippen LogP contribution in [-0.2, 0) is 13.5 Å². The fourth-order valence-electron chi connectivity index (χ4n) is 1.60. The predicted molar refractivity (Wildman–Crippen MR) is 64.3 cm³/mol. The van der Waals surface area contributed by atoms with Crippen LogP contribution in [0.15, 0.2) is 18.5 Å². The number of aromatic nitrogens is 3. The van der Waals surface area contributed by atoms with Crippen LogP contribution in [0.2, 0.25) is 0 Å². The van der Waals surface area contributed by atoms with Crippen LogP contribution in [0.1, 0.15) is 11.4 Å². The van der Waals surface area contributed by atoms with Crippen molar-refractivity contribution in [2.75, 3.05) is 11.9 Å². The fraction of sp³-hybridized carbons (Fsp3) is 0.250. The van der Waals surface area contributed by atoms with Gasteiger partial charge in [-0.3, -0.25) is 4.68 Å². The summed E-state index contributed by atoms with van der Waals surface area (Å²) in [6, 6.07) is 3.67. The van der Waals surface area contributed by atoms with Gasteiger partial charge in [-0.05, 0) is 12.1 Å². The fourth-order valence-corrected chi connectivity index (χ4v) is 1.60. The molecule has 0 radical (unpaired) electrons. The van der Waals surface area contributed by atoms with Crippen molar-refractivity contribution in [1.29, 1.82) is 5.26 Å². The molecule has 0 atom stereocenters. The second kappa shape index (κ2) is 5.44. The molecule has 2 rings (SSSR count). The highest BCUT2D eigenvalue weighted by Gasteiger charge is 2.11. The first-order valence-electron chi connectivity index (χ1n) is 5.57. The smallest absolute Gasteiger partial charge is 0.152 e. The molecule has 2 aromatic rings. The molecule has 7 heteroatoms. The molecule has 5 nitrogen and oxygen atoms in total. The van der Waals surface area contributed by atoms with Gasteiger partial charge >= 0.3 is 0 Å². The number of nitrogens with zero attached hydrogens (tertiary/aromatic N) is 4. The zero-order chi connectivity index (χ0) is 13.8. The summed E-state index contributed by atoms with van der Waals surface area (Å²) in [7, 11) is 1.74. The molecule has 1 N–H and O–H groups in total. The first-order chi connectivity index (χ1) is 9.10. The van der Waals surface area contributed by atoms with E-state index in [2.05, 4.69) is 15.4 Å². The number of nitrogens with one attached hydrogen (secondary N) is 1. The van der Waals surface area contributed by atoms with E-state index in [1.807, 2.05) is 0 Å². The molecule has 1 aromatic heterocycles. The third-order valence-corrected chi connectivity index (χ3v) is 2.47. The Labute approximate surface area is 108 Å². The van der Waals surface area contributed by atoms with E-state index in [1.54, 1.807) is 24.1 Å². The van der Waals surface area contributed by atoms with Crippen LogP contribution in [0.25, 0.3) is 0 Å². The molecule has 0 bridgehead atoms. The second-order valence-corrected chi connectivity index (χ2v) is 3.94. The Hall–Kier alpha value is -2.49. The van der Waals surface area contributed by atoms with Crippen LogP contribution in [0, 0.1) is 23.0 Å². The number of aryl methyl sites for hydroxylation is 1. The Bertz CT molecular complexity index is 606. The summed E-state index contributed by atoms with van der Waals surface area (Å²) in [6.45, 7) is 0.295. The minimum atomic E-state index is -0.787. The summed E-state index contributed by atoms with van der Waals surface area (Å²) >= 11 is 0. The Balaban J connectivity index is 2.02. The first kappa shape index (κ1) is 13.0. The molecule has 1 aromatic carbocycles. The van der Waals surface area contributed by atoms with Crippen molar-refractivity contribution in [3.63, 3.8) is 0 Å². The van der Waals surface area contributed by atoms with Crippen LogP contribution in [0.5, 0.6) is 0 Å². The minimum Gasteiger partial charge on any atom is -0.380 e.